The van der Waals surface area contributed by atoms with Gasteiger partial charge in [-0.15, -0.1) is 0 Å². The second-order valence-corrected chi connectivity index (χ2v) is 4.27. The second-order valence-electron chi connectivity index (χ2n) is 4.27. The minimum Gasteiger partial charge on any atom is -0.497 e. The van der Waals surface area contributed by atoms with E-state index in [1.54, 1.807) is 7.11 Å². The van der Waals surface area contributed by atoms with Gasteiger partial charge in [-0.2, -0.15) is 0 Å². The van der Waals surface area contributed by atoms with Crippen molar-refractivity contribution in [3.05, 3.63) is 29.8 Å². The Balaban J connectivity index is 2.06. The maximum absolute atomic E-state index is 9.21. The van der Waals surface area contributed by atoms with E-state index in [0.717, 1.165) is 11.3 Å². The van der Waals surface area contributed by atoms with Crippen molar-refractivity contribution in [1.29, 1.82) is 0 Å². The molecule has 1 heterocycles. The van der Waals surface area contributed by atoms with Crippen LogP contribution in [-0.4, -0.2) is 31.5 Å². The lowest BCUT2D eigenvalue weighted by Crippen LogP contribution is -2.36. The van der Waals surface area contributed by atoms with Crippen molar-refractivity contribution in [3.63, 3.8) is 0 Å². The Morgan fingerprint density at radius 1 is 1.35 bits per heavy atom. The molecule has 1 aromatic carbocycles. The van der Waals surface area contributed by atoms with Gasteiger partial charge in [0.1, 0.15) is 5.75 Å². The Hall–Kier alpha value is -1.10. The average Bonchev–Trinajstić information content (AvgIpc) is 2.39. The van der Waals surface area contributed by atoms with Gasteiger partial charge in [0.25, 0.3) is 0 Å². The summed E-state index contributed by atoms with van der Waals surface area (Å²) < 4.78 is 16.4. The Kier molecular flexibility index (Phi) is 3.99. The van der Waals surface area contributed by atoms with Crippen molar-refractivity contribution in [3.8, 4) is 5.75 Å². The lowest BCUT2D eigenvalue weighted by atomic mass is 10.0. The molecule has 0 bridgehead atoms. The predicted octanol–water partition coefficient (Wildman–Crippen LogP) is 1.74. The monoisotopic (exact) mass is 238 g/mol. The van der Waals surface area contributed by atoms with E-state index in [0.29, 0.717) is 6.61 Å². The fraction of sp³-hybridized carbons (Fsp3) is 0.538. The van der Waals surface area contributed by atoms with Crippen LogP contribution in [0.3, 0.4) is 0 Å². The molecule has 0 spiro atoms. The Morgan fingerprint density at radius 3 is 2.65 bits per heavy atom. The molecule has 0 saturated carbocycles. The van der Waals surface area contributed by atoms with Crippen molar-refractivity contribution in [2.75, 3.05) is 20.3 Å². The molecule has 1 N–H and O–H groups in total. The van der Waals surface area contributed by atoms with E-state index in [1.807, 2.05) is 31.2 Å². The quantitative estimate of drug-likeness (QED) is 0.871. The van der Waals surface area contributed by atoms with Crippen LogP contribution < -0.4 is 4.74 Å². The van der Waals surface area contributed by atoms with E-state index in [-0.39, 0.29) is 18.6 Å². The van der Waals surface area contributed by atoms with Crippen LogP contribution in [0, 0.1) is 5.92 Å². The largest absolute Gasteiger partial charge is 0.497 e. The standard InChI is InChI=1S/C13H18O4/c1-9-8-16-13(17-12(9)7-14)10-3-5-11(15-2)6-4-10/h3-6,9,12-14H,7-8H2,1-2H3/t9-,12+,13-/m1/s1. The number of ether oxygens (including phenoxy) is 3. The van der Waals surface area contributed by atoms with Crippen LogP contribution in [0.4, 0.5) is 0 Å². The highest BCUT2D eigenvalue weighted by Gasteiger charge is 2.29. The van der Waals surface area contributed by atoms with Gasteiger partial charge in [0.05, 0.1) is 26.4 Å². The average molecular weight is 238 g/mol. The molecule has 1 fully saturated rings. The molecule has 0 aliphatic carbocycles. The molecular weight excluding hydrogens is 220 g/mol. The molecule has 1 aromatic rings. The fourth-order valence-electron chi connectivity index (χ4n) is 1.84. The van der Waals surface area contributed by atoms with E-state index in [2.05, 4.69) is 0 Å². The summed E-state index contributed by atoms with van der Waals surface area (Å²) in [5.41, 5.74) is 0.941. The van der Waals surface area contributed by atoms with Crippen LogP contribution in [0.1, 0.15) is 18.8 Å². The summed E-state index contributed by atoms with van der Waals surface area (Å²) in [6.07, 6.45) is -0.551. The van der Waals surface area contributed by atoms with Gasteiger partial charge < -0.3 is 19.3 Å². The number of aliphatic hydroxyl groups is 1. The maximum Gasteiger partial charge on any atom is 0.184 e. The summed E-state index contributed by atoms with van der Waals surface area (Å²) in [6.45, 7) is 2.63. The Morgan fingerprint density at radius 2 is 2.06 bits per heavy atom. The van der Waals surface area contributed by atoms with Gasteiger partial charge in [-0.1, -0.05) is 19.1 Å². The zero-order valence-electron chi connectivity index (χ0n) is 10.1. The van der Waals surface area contributed by atoms with Crippen molar-refractivity contribution >= 4 is 0 Å². The third-order valence-electron chi connectivity index (χ3n) is 3.01. The molecule has 0 unspecified atom stereocenters. The molecule has 17 heavy (non-hydrogen) atoms. The van der Waals surface area contributed by atoms with E-state index < -0.39 is 6.29 Å². The summed E-state index contributed by atoms with van der Waals surface area (Å²) in [6, 6.07) is 7.56. The molecule has 2 rings (SSSR count). The van der Waals surface area contributed by atoms with Gasteiger partial charge in [-0.3, -0.25) is 0 Å². The highest BCUT2D eigenvalue weighted by Crippen LogP contribution is 2.29. The molecule has 0 radical (unpaired) electrons. The smallest absolute Gasteiger partial charge is 0.184 e. The first kappa shape index (κ1) is 12.4. The van der Waals surface area contributed by atoms with Gasteiger partial charge in [0.15, 0.2) is 6.29 Å². The molecule has 94 valence electrons. The number of aliphatic hydroxyl groups excluding tert-OH is 1. The van der Waals surface area contributed by atoms with Crippen molar-refractivity contribution in [1.82, 2.24) is 0 Å². The highest BCUT2D eigenvalue weighted by atomic mass is 16.7. The molecule has 1 aliphatic heterocycles. The first-order valence-electron chi connectivity index (χ1n) is 5.76. The van der Waals surface area contributed by atoms with Gasteiger partial charge in [-0.05, 0) is 12.1 Å². The molecule has 3 atom stereocenters. The van der Waals surface area contributed by atoms with Crippen molar-refractivity contribution in [2.45, 2.75) is 19.3 Å². The van der Waals surface area contributed by atoms with Crippen LogP contribution in [-0.2, 0) is 9.47 Å². The number of hydrogen-bond donors (Lipinski definition) is 1. The predicted molar refractivity (Wildman–Crippen MR) is 62.8 cm³/mol. The first-order valence-corrected chi connectivity index (χ1v) is 5.76. The van der Waals surface area contributed by atoms with E-state index in [1.165, 1.54) is 0 Å². The third-order valence-corrected chi connectivity index (χ3v) is 3.01. The van der Waals surface area contributed by atoms with Crippen molar-refractivity contribution in [2.24, 2.45) is 5.92 Å². The van der Waals surface area contributed by atoms with Crippen molar-refractivity contribution < 1.29 is 19.3 Å². The zero-order chi connectivity index (χ0) is 12.3. The van der Waals surface area contributed by atoms with Gasteiger partial charge in [0, 0.05) is 11.5 Å². The molecule has 4 heteroatoms. The number of benzene rings is 1. The minimum atomic E-state index is -0.394. The summed E-state index contributed by atoms with van der Waals surface area (Å²) >= 11 is 0. The van der Waals surface area contributed by atoms with Gasteiger partial charge >= 0.3 is 0 Å². The summed E-state index contributed by atoms with van der Waals surface area (Å²) in [5.74, 6) is 1.02. The molecule has 0 amide bonds. The normalized spacial score (nSPS) is 29.0. The van der Waals surface area contributed by atoms with Gasteiger partial charge in [0.2, 0.25) is 0 Å². The molecule has 1 saturated heterocycles. The molecular formula is C13H18O4. The molecule has 1 aliphatic rings. The summed E-state index contributed by atoms with van der Waals surface area (Å²) in [4.78, 5) is 0. The number of methoxy groups -OCH3 is 1. The van der Waals surface area contributed by atoms with E-state index in [9.17, 15) is 5.11 Å². The first-order chi connectivity index (χ1) is 8.24. The number of rotatable bonds is 3. The lowest BCUT2D eigenvalue weighted by molar-refractivity contribution is -0.245. The van der Waals surface area contributed by atoms with E-state index in [4.69, 9.17) is 14.2 Å². The Bertz CT molecular complexity index is 349. The van der Waals surface area contributed by atoms with Crippen LogP contribution >= 0.6 is 0 Å². The highest BCUT2D eigenvalue weighted by molar-refractivity contribution is 5.27. The van der Waals surface area contributed by atoms with Crippen LogP contribution in [0.5, 0.6) is 5.75 Å². The fourth-order valence-corrected chi connectivity index (χ4v) is 1.84. The molecule has 0 aromatic heterocycles. The summed E-state index contributed by atoms with van der Waals surface area (Å²) in [7, 11) is 1.63. The minimum absolute atomic E-state index is 0.0250. The van der Waals surface area contributed by atoms with E-state index >= 15 is 0 Å². The zero-order valence-corrected chi connectivity index (χ0v) is 10.1. The van der Waals surface area contributed by atoms with Crippen LogP contribution in [0.25, 0.3) is 0 Å². The lowest BCUT2D eigenvalue weighted by Gasteiger charge is -2.34. The SMILES string of the molecule is COc1ccc([C@@H]2OC[C@@H](C)[C@H](CO)O2)cc1. The van der Waals surface area contributed by atoms with Gasteiger partial charge in [-0.25, -0.2) is 0 Å². The third kappa shape index (κ3) is 2.77. The Labute approximate surface area is 101 Å². The summed E-state index contributed by atoms with van der Waals surface area (Å²) in [5, 5.41) is 9.21. The molecule has 4 nitrogen and oxygen atoms in total. The topological polar surface area (TPSA) is 47.9 Å². The van der Waals surface area contributed by atoms with Crippen LogP contribution in [0.15, 0.2) is 24.3 Å². The maximum atomic E-state index is 9.21. The second kappa shape index (κ2) is 5.49. The van der Waals surface area contributed by atoms with Crippen LogP contribution in [0.2, 0.25) is 0 Å². The number of hydrogen-bond acceptors (Lipinski definition) is 4.